The van der Waals surface area contributed by atoms with E-state index >= 15 is 0 Å². The van der Waals surface area contributed by atoms with Crippen LogP contribution in [0.25, 0.3) is 0 Å². The van der Waals surface area contributed by atoms with Crippen LogP contribution in [-0.2, 0) is 16.0 Å². The van der Waals surface area contributed by atoms with Gasteiger partial charge in [0.2, 0.25) is 5.91 Å². The first-order chi connectivity index (χ1) is 23.6. The van der Waals surface area contributed by atoms with E-state index in [-0.39, 0.29) is 22.3 Å². The van der Waals surface area contributed by atoms with Crippen molar-refractivity contribution in [1.82, 2.24) is 4.90 Å². The summed E-state index contributed by atoms with van der Waals surface area (Å²) in [6.07, 6.45) is 20.0. The van der Waals surface area contributed by atoms with Gasteiger partial charge in [0, 0.05) is 36.5 Å². The van der Waals surface area contributed by atoms with Crippen LogP contribution in [0.1, 0.15) is 162 Å². The minimum atomic E-state index is 0. The maximum Gasteiger partial charge on any atom is 0.295 e. The molecular weight excluding hydrogens is 675 g/mol. The van der Waals surface area contributed by atoms with Gasteiger partial charge >= 0.3 is 0 Å². The number of rotatable bonds is 13. The summed E-state index contributed by atoms with van der Waals surface area (Å²) in [6, 6.07) is 2.01. The molecule has 2 bridgehead atoms. The van der Waals surface area contributed by atoms with E-state index in [1.165, 1.54) is 37.0 Å². The second kappa shape index (κ2) is 35.6. The van der Waals surface area contributed by atoms with Crippen molar-refractivity contribution in [3.05, 3.63) is 36.3 Å². The SMILES string of the molecule is C.C.C.C=[N+]=NCCCC(C)C.CC(=O)CCC(C)C.CC(C)CC(=O)N1CCCSCC1.CC(C)CC1CC2C=CC1C2.CC(C)Cc1ccoc1. The number of ketones is 1. The minimum absolute atomic E-state index is 0. The number of carbonyl (C=O) groups excluding carboxylic acids is 2. The Morgan fingerprint density at radius 3 is 1.98 bits per heavy atom. The highest BCUT2D eigenvalue weighted by atomic mass is 32.2. The number of nitrogens with zero attached hydrogens (tertiary/aromatic N) is 3. The van der Waals surface area contributed by atoms with Crippen molar-refractivity contribution < 1.29 is 18.8 Å². The largest absolute Gasteiger partial charge is 0.472 e. The summed E-state index contributed by atoms with van der Waals surface area (Å²) in [5.41, 5.74) is 1.30. The topological polar surface area (TPSA) is 77.0 Å². The van der Waals surface area contributed by atoms with Crippen molar-refractivity contribution in [2.75, 3.05) is 31.1 Å². The van der Waals surface area contributed by atoms with Gasteiger partial charge in [-0.15, -0.1) is 0 Å². The molecule has 0 aromatic carbocycles. The summed E-state index contributed by atoms with van der Waals surface area (Å²) in [5, 5.41) is 3.76. The first-order valence-corrected chi connectivity index (χ1v) is 21.0. The Labute approximate surface area is 335 Å². The lowest BCUT2D eigenvalue weighted by Gasteiger charge is -2.20. The molecule has 3 aliphatic rings. The number of hydrogen-bond acceptors (Lipinski definition) is 5. The van der Waals surface area contributed by atoms with Crippen LogP contribution in [0.2, 0.25) is 0 Å². The first kappa shape index (κ1) is 57.6. The fourth-order valence-corrected chi connectivity index (χ4v) is 7.14. The standard InChI is InChI=1S/C11H18.C10H19NOS.C8H12O.C7H15N2.C7H14O.3CH4/c1-8(2)5-11-7-9-3-4-10(11)6-9;1-9(2)8-10(12)11-4-3-6-13-7-5-11;1-7(2)5-8-3-4-9-6-8;1-7(2)5-4-6-9-8-3;1-6(2)4-5-7(3)8;;;/h3-4,8-11H,5-7H2,1-2H3;9H,3-8H2,1-2H3;3-4,6-7H,5H2,1-2H3;7H,3-6H2,1-2H3;6H,4-5H2,1-3H3;3*1H4/q;;;+1;;;;. The lowest BCUT2D eigenvalue weighted by atomic mass is 9.86. The molecule has 2 heterocycles. The predicted octanol–water partition coefficient (Wildman–Crippen LogP) is 13.4. The number of hydrogen-bond donors (Lipinski definition) is 0. The third-order valence-electron chi connectivity index (χ3n) is 8.79. The Balaban J connectivity index is -0.000000282. The van der Waals surface area contributed by atoms with E-state index in [0.29, 0.717) is 29.9 Å². The molecule has 1 saturated carbocycles. The maximum absolute atomic E-state index is 11.7. The van der Waals surface area contributed by atoms with Gasteiger partial charge in [0.1, 0.15) is 12.3 Å². The summed E-state index contributed by atoms with van der Waals surface area (Å²) in [4.78, 5) is 27.5. The van der Waals surface area contributed by atoms with Gasteiger partial charge in [-0.1, -0.05) is 104 Å². The molecule has 1 saturated heterocycles. The van der Waals surface area contributed by atoms with Gasteiger partial charge in [-0.25, -0.2) is 0 Å². The van der Waals surface area contributed by atoms with Crippen molar-refractivity contribution in [1.29, 1.82) is 0 Å². The molecule has 0 spiro atoms. The van der Waals surface area contributed by atoms with Gasteiger partial charge in [0.15, 0.2) is 0 Å². The summed E-state index contributed by atoms with van der Waals surface area (Å²) in [7, 11) is 0. The average molecular weight is 765 g/mol. The zero-order chi connectivity index (χ0) is 37.9. The van der Waals surface area contributed by atoms with E-state index in [9.17, 15) is 9.59 Å². The van der Waals surface area contributed by atoms with Gasteiger partial charge in [-0.05, 0) is 123 Å². The zero-order valence-electron chi connectivity index (χ0n) is 34.3. The van der Waals surface area contributed by atoms with Crippen LogP contribution in [0.5, 0.6) is 0 Å². The number of thioether (sulfide) groups is 1. The molecule has 3 unspecified atom stereocenters. The molecule has 1 amide bonds. The number of carbonyl (C=O) groups is 2. The van der Waals surface area contributed by atoms with E-state index in [4.69, 9.17) is 4.42 Å². The van der Waals surface area contributed by atoms with Gasteiger partial charge in [0.05, 0.1) is 17.6 Å². The molecule has 1 aromatic rings. The maximum atomic E-state index is 11.7. The lowest BCUT2D eigenvalue weighted by Crippen LogP contribution is -2.33. The van der Waals surface area contributed by atoms with Crippen molar-refractivity contribution in [3.63, 3.8) is 0 Å². The highest BCUT2D eigenvalue weighted by Crippen LogP contribution is 2.45. The number of Topliss-reactive ketones (excluding diaryl/α,β-unsaturated/α-hetero) is 1. The highest BCUT2D eigenvalue weighted by Gasteiger charge is 2.35. The predicted molar refractivity (Wildman–Crippen MR) is 237 cm³/mol. The van der Waals surface area contributed by atoms with Gasteiger partial charge in [0.25, 0.3) is 6.72 Å². The molecule has 312 valence electrons. The summed E-state index contributed by atoms with van der Waals surface area (Å²) < 4.78 is 4.92. The average Bonchev–Trinajstić information content (AvgIpc) is 3.74. The second-order valence-corrected chi connectivity index (χ2v) is 17.7. The van der Waals surface area contributed by atoms with Gasteiger partial charge in [-0.3, -0.25) is 4.79 Å². The Hall–Kier alpha value is -2.11. The van der Waals surface area contributed by atoms with Crippen LogP contribution in [0.15, 0.2) is 40.3 Å². The number of amides is 1. The van der Waals surface area contributed by atoms with Crippen LogP contribution < -0.4 is 0 Å². The molecule has 1 aromatic heterocycles. The Morgan fingerprint density at radius 2 is 1.55 bits per heavy atom. The van der Waals surface area contributed by atoms with Crippen LogP contribution in [0, 0.1) is 47.3 Å². The molecule has 2 aliphatic carbocycles. The monoisotopic (exact) mass is 765 g/mol. The van der Waals surface area contributed by atoms with E-state index in [0.717, 1.165) is 93.0 Å². The molecule has 7 heteroatoms. The van der Waals surface area contributed by atoms with Crippen LogP contribution >= 0.6 is 11.8 Å². The molecule has 3 atom stereocenters. The van der Waals surface area contributed by atoms with Gasteiger partial charge in [-0.2, -0.15) is 11.8 Å². The number of fused-ring (bicyclic) bond motifs is 2. The molecule has 53 heavy (non-hydrogen) atoms. The third-order valence-corrected chi connectivity index (χ3v) is 9.83. The quantitative estimate of drug-likeness (QED) is 0.0659. The summed E-state index contributed by atoms with van der Waals surface area (Å²) in [6.45, 7) is 29.6. The molecule has 4 rings (SSSR count). The second-order valence-electron chi connectivity index (χ2n) is 16.5. The van der Waals surface area contributed by atoms with Crippen LogP contribution in [0.3, 0.4) is 0 Å². The molecule has 0 N–H and O–H groups in total. The Kier molecular flexibility index (Phi) is 38.7. The van der Waals surface area contributed by atoms with Crippen molar-refractivity contribution in [2.24, 2.45) is 52.5 Å². The zero-order valence-corrected chi connectivity index (χ0v) is 35.1. The highest BCUT2D eigenvalue weighted by molar-refractivity contribution is 7.99. The van der Waals surface area contributed by atoms with E-state index in [2.05, 4.69) is 98.0 Å². The lowest BCUT2D eigenvalue weighted by molar-refractivity contribution is -0.131. The first-order valence-electron chi connectivity index (χ1n) is 19.8. The smallest absolute Gasteiger partial charge is 0.295 e. The van der Waals surface area contributed by atoms with E-state index < -0.39 is 0 Å². The normalized spacial score (nSPS) is 18.0. The molecular formula is C46H90N3O3S+. The van der Waals surface area contributed by atoms with Crippen molar-refractivity contribution in [2.45, 2.75) is 163 Å². The summed E-state index contributed by atoms with van der Waals surface area (Å²) in [5.74, 6) is 9.49. The fourth-order valence-electron chi connectivity index (χ4n) is 6.26. The molecule has 0 radical (unpaired) electrons. The molecule has 1 aliphatic heterocycles. The third kappa shape index (κ3) is 34.1. The fraction of sp³-hybridized carbons (Fsp3) is 0.804. The van der Waals surface area contributed by atoms with Crippen molar-refractivity contribution in [3.8, 4) is 0 Å². The Morgan fingerprint density at radius 1 is 0.887 bits per heavy atom. The molecule has 2 fully saturated rings. The van der Waals surface area contributed by atoms with E-state index in [1.807, 2.05) is 22.7 Å². The molecule has 6 nitrogen and oxygen atoms in total. The number of furan rings is 1. The van der Waals surface area contributed by atoms with Gasteiger partial charge < -0.3 is 14.1 Å². The van der Waals surface area contributed by atoms with Crippen molar-refractivity contribution >= 4 is 30.2 Å². The van der Waals surface area contributed by atoms with E-state index in [1.54, 1.807) is 19.5 Å². The number of allylic oxidation sites excluding steroid dienone is 2. The summed E-state index contributed by atoms with van der Waals surface area (Å²) >= 11 is 1.96. The minimum Gasteiger partial charge on any atom is -0.472 e. The Bertz CT molecular complexity index is 1050. The van der Waals surface area contributed by atoms with Crippen LogP contribution in [-0.4, -0.2) is 59.2 Å². The van der Waals surface area contributed by atoms with Crippen LogP contribution in [0.4, 0.5) is 0 Å².